The quantitative estimate of drug-likeness (QED) is 0.710. The summed E-state index contributed by atoms with van der Waals surface area (Å²) in [5.41, 5.74) is 2.18. The van der Waals surface area contributed by atoms with Gasteiger partial charge >= 0.3 is 0 Å². The van der Waals surface area contributed by atoms with Gasteiger partial charge in [0.15, 0.2) is 0 Å². The summed E-state index contributed by atoms with van der Waals surface area (Å²) in [6, 6.07) is 12.8. The van der Waals surface area contributed by atoms with Crippen LogP contribution in [0.25, 0.3) is 0 Å². The maximum Gasteiger partial charge on any atom is 0.130 e. The molecule has 0 amide bonds. The Bertz CT molecular complexity index is 804. The molecule has 1 aliphatic rings. The van der Waals surface area contributed by atoms with Crippen molar-refractivity contribution in [1.29, 1.82) is 0 Å². The maximum absolute atomic E-state index is 13.7. The van der Waals surface area contributed by atoms with Gasteiger partial charge in [0.1, 0.15) is 17.8 Å². The molecule has 1 aliphatic heterocycles. The SMILES string of the molecule is CCSC1=CC(C)=CC(N(C)c2ccccn2)N1Cc1cccc(F)c1. The molecule has 3 nitrogen and oxygen atoms in total. The zero-order valence-electron chi connectivity index (χ0n) is 15.4. The van der Waals surface area contributed by atoms with Crippen LogP contribution in [0.15, 0.2) is 71.4 Å². The molecular weight excluding hydrogens is 345 g/mol. The highest BCUT2D eigenvalue weighted by atomic mass is 32.2. The number of hydrogen-bond acceptors (Lipinski definition) is 4. The van der Waals surface area contributed by atoms with E-state index in [0.717, 1.165) is 17.1 Å². The summed E-state index contributed by atoms with van der Waals surface area (Å²) >= 11 is 1.81. The van der Waals surface area contributed by atoms with Crippen LogP contribution in [0.3, 0.4) is 0 Å². The van der Waals surface area contributed by atoms with Crippen LogP contribution < -0.4 is 4.90 Å². The van der Waals surface area contributed by atoms with Crippen molar-refractivity contribution in [2.24, 2.45) is 0 Å². The van der Waals surface area contributed by atoms with E-state index in [1.807, 2.05) is 36.0 Å². The van der Waals surface area contributed by atoms with Crippen molar-refractivity contribution in [3.8, 4) is 0 Å². The fraction of sp³-hybridized carbons (Fsp3) is 0.286. The minimum absolute atomic E-state index is 0.0206. The van der Waals surface area contributed by atoms with Crippen molar-refractivity contribution in [2.75, 3.05) is 17.7 Å². The second kappa shape index (κ2) is 8.41. The van der Waals surface area contributed by atoms with Gasteiger partial charge in [-0.3, -0.25) is 0 Å². The molecule has 5 heteroatoms. The van der Waals surface area contributed by atoms with E-state index in [-0.39, 0.29) is 12.0 Å². The standard InChI is InChI=1S/C21H24FN3S/c1-4-26-21-13-16(2)12-20(24(3)19-10-5-6-11-23-19)25(21)15-17-8-7-9-18(22)14-17/h5-14,20H,4,15H2,1-3H3. The predicted octanol–water partition coefficient (Wildman–Crippen LogP) is 5.04. The Kier molecular flexibility index (Phi) is 5.99. The Hall–Kier alpha value is -2.27. The molecular formula is C21H24FN3S. The van der Waals surface area contributed by atoms with E-state index in [9.17, 15) is 4.39 Å². The van der Waals surface area contributed by atoms with Crippen molar-refractivity contribution < 1.29 is 4.39 Å². The Morgan fingerprint density at radius 3 is 2.77 bits per heavy atom. The number of halogens is 1. The second-order valence-corrected chi connectivity index (χ2v) is 7.58. The summed E-state index contributed by atoms with van der Waals surface area (Å²) in [6.45, 7) is 4.91. The molecule has 0 fully saturated rings. The molecule has 0 saturated carbocycles. The van der Waals surface area contributed by atoms with Crippen LogP contribution in [0.2, 0.25) is 0 Å². The lowest BCUT2D eigenvalue weighted by Gasteiger charge is -2.41. The average Bonchev–Trinajstić information content (AvgIpc) is 2.64. The highest BCUT2D eigenvalue weighted by Gasteiger charge is 2.27. The average molecular weight is 370 g/mol. The van der Waals surface area contributed by atoms with Crippen LogP contribution in [0.5, 0.6) is 0 Å². The Morgan fingerprint density at radius 1 is 1.23 bits per heavy atom. The first-order valence-corrected chi connectivity index (χ1v) is 9.75. The normalized spacial score (nSPS) is 16.9. The molecule has 1 aromatic carbocycles. The van der Waals surface area contributed by atoms with Gasteiger partial charge in [-0.15, -0.1) is 11.8 Å². The highest BCUT2D eigenvalue weighted by Crippen LogP contribution is 2.32. The smallest absolute Gasteiger partial charge is 0.130 e. The lowest BCUT2D eigenvalue weighted by molar-refractivity contribution is 0.294. The number of nitrogens with zero attached hydrogens (tertiary/aromatic N) is 3. The lowest BCUT2D eigenvalue weighted by Crippen LogP contribution is -2.46. The Labute approximate surface area is 159 Å². The van der Waals surface area contributed by atoms with Gasteiger partial charge in [-0.1, -0.05) is 25.1 Å². The molecule has 0 aliphatic carbocycles. The van der Waals surface area contributed by atoms with Crippen molar-refractivity contribution >= 4 is 17.6 Å². The maximum atomic E-state index is 13.7. The number of allylic oxidation sites excluding steroid dienone is 2. The summed E-state index contributed by atoms with van der Waals surface area (Å²) in [5, 5.41) is 1.20. The van der Waals surface area contributed by atoms with Gasteiger partial charge in [0.25, 0.3) is 0 Å². The van der Waals surface area contributed by atoms with E-state index >= 15 is 0 Å². The summed E-state index contributed by atoms with van der Waals surface area (Å²) in [5.74, 6) is 1.70. The number of pyridine rings is 1. The molecule has 1 atom stereocenters. The monoisotopic (exact) mass is 369 g/mol. The largest absolute Gasteiger partial charge is 0.338 e. The fourth-order valence-corrected chi connectivity index (χ4v) is 3.98. The topological polar surface area (TPSA) is 19.4 Å². The molecule has 0 N–H and O–H groups in total. The number of hydrogen-bond donors (Lipinski definition) is 0. The number of rotatable bonds is 6. The van der Waals surface area contributed by atoms with E-state index in [1.54, 1.807) is 18.3 Å². The number of anilines is 1. The van der Waals surface area contributed by atoms with Crippen LogP contribution in [-0.4, -0.2) is 28.9 Å². The predicted molar refractivity (Wildman–Crippen MR) is 108 cm³/mol. The van der Waals surface area contributed by atoms with Crippen molar-refractivity contribution in [2.45, 2.75) is 26.6 Å². The minimum Gasteiger partial charge on any atom is -0.338 e. The molecule has 1 unspecified atom stereocenters. The van der Waals surface area contributed by atoms with Crippen LogP contribution in [0.1, 0.15) is 19.4 Å². The van der Waals surface area contributed by atoms with Gasteiger partial charge in [0.2, 0.25) is 0 Å². The van der Waals surface area contributed by atoms with Crippen LogP contribution in [-0.2, 0) is 6.54 Å². The van der Waals surface area contributed by atoms with Crippen molar-refractivity contribution in [3.05, 3.63) is 82.8 Å². The first kappa shape index (κ1) is 18.5. The van der Waals surface area contributed by atoms with E-state index in [2.05, 4.69) is 47.8 Å². The zero-order valence-corrected chi connectivity index (χ0v) is 16.2. The molecule has 2 heterocycles. The third kappa shape index (κ3) is 4.28. The molecule has 1 aromatic heterocycles. The molecule has 2 aromatic rings. The van der Waals surface area contributed by atoms with Gasteiger partial charge in [0, 0.05) is 19.8 Å². The first-order chi connectivity index (χ1) is 12.6. The summed E-state index contributed by atoms with van der Waals surface area (Å²) in [7, 11) is 2.05. The Morgan fingerprint density at radius 2 is 2.08 bits per heavy atom. The summed E-state index contributed by atoms with van der Waals surface area (Å²) < 4.78 is 13.7. The number of benzene rings is 1. The summed E-state index contributed by atoms with van der Waals surface area (Å²) in [4.78, 5) is 8.96. The minimum atomic E-state index is -0.200. The van der Waals surface area contributed by atoms with Crippen molar-refractivity contribution in [1.82, 2.24) is 9.88 Å². The van der Waals surface area contributed by atoms with Crippen LogP contribution in [0, 0.1) is 5.82 Å². The lowest BCUT2D eigenvalue weighted by atomic mass is 10.1. The molecule has 0 radical (unpaired) electrons. The molecule has 0 bridgehead atoms. The fourth-order valence-electron chi connectivity index (χ4n) is 3.08. The summed E-state index contributed by atoms with van der Waals surface area (Å²) in [6.07, 6.45) is 6.26. The van der Waals surface area contributed by atoms with Gasteiger partial charge in [-0.25, -0.2) is 9.37 Å². The van der Waals surface area contributed by atoms with Gasteiger partial charge in [-0.2, -0.15) is 0 Å². The van der Waals surface area contributed by atoms with Gasteiger partial charge in [0.05, 0.1) is 5.03 Å². The third-order valence-electron chi connectivity index (χ3n) is 4.31. The highest BCUT2D eigenvalue weighted by molar-refractivity contribution is 8.02. The molecule has 0 spiro atoms. The van der Waals surface area contributed by atoms with E-state index in [1.165, 1.54) is 16.7 Å². The van der Waals surface area contributed by atoms with Gasteiger partial charge in [-0.05, 0) is 60.2 Å². The first-order valence-electron chi connectivity index (χ1n) is 8.76. The van der Waals surface area contributed by atoms with E-state index < -0.39 is 0 Å². The van der Waals surface area contributed by atoms with E-state index in [4.69, 9.17) is 0 Å². The van der Waals surface area contributed by atoms with Crippen LogP contribution >= 0.6 is 11.8 Å². The van der Waals surface area contributed by atoms with Crippen molar-refractivity contribution in [3.63, 3.8) is 0 Å². The number of thioether (sulfide) groups is 1. The molecule has 0 saturated heterocycles. The third-order valence-corrected chi connectivity index (χ3v) is 5.24. The molecule has 136 valence electrons. The number of likely N-dealkylation sites (N-methyl/N-ethyl adjacent to an activating group) is 1. The van der Waals surface area contributed by atoms with Gasteiger partial charge < -0.3 is 9.80 Å². The Balaban J connectivity index is 1.94. The van der Waals surface area contributed by atoms with E-state index in [0.29, 0.717) is 6.54 Å². The second-order valence-electron chi connectivity index (χ2n) is 6.30. The number of aromatic nitrogens is 1. The molecule has 3 rings (SSSR count). The zero-order chi connectivity index (χ0) is 18.5. The molecule has 26 heavy (non-hydrogen) atoms. The van der Waals surface area contributed by atoms with Crippen LogP contribution in [0.4, 0.5) is 10.2 Å².